The van der Waals surface area contributed by atoms with Gasteiger partial charge in [0.1, 0.15) is 5.82 Å². The number of pyridine rings is 1. The molecule has 6 heteroatoms. The molecule has 0 bridgehead atoms. The lowest BCUT2D eigenvalue weighted by Crippen LogP contribution is -2.32. The van der Waals surface area contributed by atoms with Crippen molar-refractivity contribution in [2.75, 3.05) is 24.5 Å². The van der Waals surface area contributed by atoms with Crippen molar-refractivity contribution in [2.24, 2.45) is 10.7 Å². The van der Waals surface area contributed by atoms with Crippen LogP contribution in [0.25, 0.3) is 0 Å². The number of rotatable bonds is 7. The van der Waals surface area contributed by atoms with Gasteiger partial charge in [0.05, 0.1) is 6.54 Å². The quantitative estimate of drug-likeness (QED) is 0.426. The fourth-order valence-electron chi connectivity index (χ4n) is 1.73. The van der Waals surface area contributed by atoms with Crippen LogP contribution >= 0.6 is 24.0 Å². The Balaban J connectivity index is 0.00000361. The van der Waals surface area contributed by atoms with E-state index in [1.54, 1.807) is 0 Å². The lowest BCUT2D eigenvalue weighted by Gasteiger charge is -2.19. The number of nitrogens with two attached hydrogens (primary N) is 1. The topological polar surface area (TPSA) is 66.5 Å². The smallest absolute Gasteiger partial charge is 0.188 e. The van der Waals surface area contributed by atoms with Crippen molar-refractivity contribution < 1.29 is 0 Å². The fraction of sp³-hybridized carbons (Fsp3) is 0.571. The molecule has 0 amide bonds. The Hall–Kier alpha value is -1.05. The molecule has 0 fully saturated rings. The molecule has 0 aliphatic carbocycles. The van der Waals surface area contributed by atoms with Gasteiger partial charge in [0.2, 0.25) is 0 Å². The van der Waals surface area contributed by atoms with Gasteiger partial charge in [0, 0.05) is 25.8 Å². The van der Waals surface area contributed by atoms with E-state index < -0.39 is 0 Å². The highest BCUT2D eigenvalue weighted by atomic mass is 127. The van der Waals surface area contributed by atoms with E-state index >= 15 is 0 Å². The predicted octanol–water partition coefficient (Wildman–Crippen LogP) is 2.36. The maximum atomic E-state index is 5.74. The summed E-state index contributed by atoms with van der Waals surface area (Å²) in [4.78, 5) is 10.9. The van der Waals surface area contributed by atoms with E-state index in [-0.39, 0.29) is 24.0 Å². The van der Waals surface area contributed by atoms with Gasteiger partial charge in [-0.3, -0.25) is 0 Å². The van der Waals surface area contributed by atoms with E-state index in [1.807, 2.05) is 12.3 Å². The van der Waals surface area contributed by atoms with Crippen LogP contribution in [0.1, 0.15) is 32.8 Å². The van der Waals surface area contributed by atoms with Crippen LogP contribution in [0.2, 0.25) is 0 Å². The maximum Gasteiger partial charge on any atom is 0.188 e. The Morgan fingerprint density at radius 1 is 1.30 bits per heavy atom. The molecule has 0 unspecified atom stereocenters. The van der Waals surface area contributed by atoms with Gasteiger partial charge in [-0.05, 0) is 31.9 Å². The van der Waals surface area contributed by atoms with Crippen molar-refractivity contribution in [1.29, 1.82) is 0 Å². The zero-order valence-corrected chi connectivity index (χ0v) is 14.9. The van der Waals surface area contributed by atoms with E-state index in [9.17, 15) is 0 Å². The van der Waals surface area contributed by atoms with Crippen LogP contribution in [0, 0.1) is 0 Å². The lowest BCUT2D eigenvalue weighted by atomic mass is 10.3. The molecule has 0 spiro atoms. The summed E-state index contributed by atoms with van der Waals surface area (Å²) in [5.41, 5.74) is 6.81. The van der Waals surface area contributed by atoms with Crippen molar-refractivity contribution in [3.63, 3.8) is 0 Å². The number of nitrogens with one attached hydrogen (secondary N) is 1. The van der Waals surface area contributed by atoms with Crippen LogP contribution in [0.4, 0.5) is 5.82 Å². The first-order chi connectivity index (χ1) is 9.21. The largest absolute Gasteiger partial charge is 0.370 e. The molecule has 0 radical (unpaired) electrons. The minimum absolute atomic E-state index is 0. The molecular weight excluding hydrogens is 365 g/mol. The van der Waals surface area contributed by atoms with Gasteiger partial charge >= 0.3 is 0 Å². The molecule has 0 saturated carbocycles. The predicted molar refractivity (Wildman–Crippen MR) is 96.8 cm³/mol. The van der Waals surface area contributed by atoms with Gasteiger partial charge in [-0.1, -0.05) is 13.0 Å². The van der Waals surface area contributed by atoms with Crippen LogP contribution in [0.5, 0.6) is 0 Å². The van der Waals surface area contributed by atoms with Gasteiger partial charge in [-0.15, -0.1) is 24.0 Å². The first kappa shape index (κ1) is 18.9. The molecule has 20 heavy (non-hydrogen) atoms. The van der Waals surface area contributed by atoms with Crippen LogP contribution in [0.15, 0.2) is 23.3 Å². The van der Waals surface area contributed by atoms with Crippen molar-refractivity contribution in [1.82, 2.24) is 10.3 Å². The van der Waals surface area contributed by atoms with E-state index in [0.717, 1.165) is 37.4 Å². The van der Waals surface area contributed by atoms with Gasteiger partial charge in [0.25, 0.3) is 0 Å². The summed E-state index contributed by atoms with van der Waals surface area (Å²) in [7, 11) is 0. The summed E-state index contributed by atoms with van der Waals surface area (Å²) in [5.74, 6) is 1.50. The van der Waals surface area contributed by atoms with Crippen molar-refractivity contribution in [2.45, 2.75) is 33.7 Å². The third kappa shape index (κ3) is 6.40. The van der Waals surface area contributed by atoms with Gasteiger partial charge in [-0.2, -0.15) is 0 Å². The first-order valence-electron chi connectivity index (χ1n) is 6.94. The molecule has 3 N–H and O–H groups in total. The van der Waals surface area contributed by atoms with E-state index in [1.165, 1.54) is 0 Å². The van der Waals surface area contributed by atoms with Crippen LogP contribution in [0.3, 0.4) is 0 Å². The Morgan fingerprint density at radius 2 is 2.00 bits per heavy atom. The zero-order chi connectivity index (χ0) is 14.1. The Bertz CT molecular complexity index is 387. The molecule has 0 aliphatic rings. The second-order valence-corrected chi connectivity index (χ2v) is 4.33. The van der Waals surface area contributed by atoms with Crippen LogP contribution < -0.4 is 16.0 Å². The molecule has 0 aliphatic heterocycles. The minimum atomic E-state index is 0. The average Bonchev–Trinajstić information content (AvgIpc) is 2.45. The highest BCUT2D eigenvalue weighted by molar-refractivity contribution is 14.0. The summed E-state index contributed by atoms with van der Waals surface area (Å²) < 4.78 is 0. The summed E-state index contributed by atoms with van der Waals surface area (Å²) in [6.45, 7) is 9.70. The molecule has 0 saturated heterocycles. The highest BCUT2D eigenvalue weighted by Gasteiger charge is 2.02. The molecule has 1 aromatic heterocycles. The molecule has 1 aromatic rings. The van der Waals surface area contributed by atoms with Crippen LogP contribution in [-0.2, 0) is 6.54 Å². The summed E-state index contributed by atoms with van der Waals surface area (Å²) in [5, 5.41) is 3.05. The second-order valence-electron chi connectivity index (χ2n) is 4.33. The number of hydrogen-bond donors (Lipinski definition) is 2. The minimum Gasteiger partial charge on any atom is -0.370 e. The zero-order valence-electron chi connectivity index (χ0n) is 12.6. The molecule has 114 valence electrons. The number of guanidine groups is 1. The highest BCUT2D eigenvalue weighted by Crippen LogP contribution is 2.11. The summed E-state index contributed by atoms with van der Waals surface area (Å²) in [6, 6.07) is 4.09. The third-order valence-corrected chi connectivity index (χ3v) is 2.88. The normalized spacial score (nSPS) is 10.8. The number of halogens is 1. The van der Waals surface area contributed by atoms with Gasteiger partial charge in [-0.25, -0.2) is 9.98 Å². The number of aliphatic imine (C=N–C) groups is 1. The number of anilines is 1. The molecule has 1 heterocycles. The SMILES string of the molecule is CCCNC(N)=NCc1ccc(N(CC)CC)nc1.I. The third-order valence-electron chi connectivity index (χ3n) is 2.88. The van der Waals surface area contributed by atoms with Gasteiger partial charge < -0.3 is 16.0 Å². The molecular formula is C14H26IN5. The van der Waals surface area contributed by atoms with Crippen LogP contribution in [-0.4, -0.2) is 30.6 Å². The monoisotopic (exact) mass is 391 g/mol. The Labute approximate surface area is 139 Å². The first-order valence-corrected chi connectivity index (χ1v) is 6.94. The molecule has 0 atom stereocenters. The number of aromatic nitrogens is 1. The molecule has 1 rings (SSSR count). The van der Waals surface area contributed by atoms with Crippen molar-refractivity contribution in [3.8, 4) is 0 Å². The van der Waals surface area contributed by atoms with E-state index in [0.29, 0.717) is 12.5 Å². The maximum absolute atomic E-state index is 5.74. The van der Waals surface area contributed by atoms with Crippen molar-refractivity contribution in [3.05, 3.63) is 23.9 Å². The van der Waals surface area contributed by atoms with Gasteiger partial charge in [0.15, 0.2) is 5.96 Å². The Morgan fingerprint density at radius 3 is 2.50 bits per heavy atom. The summed E-state index contributed by atoms with van der Waals surface area (Å²) >= 11 is 0. The summed E-state index contributed by atoms with van der Waals surface area (Å²) in [6.07, 6.45) is 2.90. The average molecular weight is 391 g/mol. The Kier molecular flexibility index (Phi) is 10.1. The molecule has 0 aromatic carbocycles. The van der Waals surface area contributed by atoms with E-state index in [4.69, 9.17) is 5.73 Å². The standard InChI is InChI=1S/C14H25N5.HI/c1-4-9-16-14(15)18-11-12-7-8-13(17-10-12)19(5-2)6-3;/h7-8,10H,4-6,9,11H2,1-3H3,(H3,15,16,18);1H. The molecule has 5 nitrogen and oxygen atoms in total. The van der Waals surface area contributed by atoms with Crippen molar-refractivity contribution >= 4 is 35.8 Å². The lowest BCUT2D eigenvalue weighted by molar-refractivity contribution is 0.824. The number of hydrogen-bond acceptors (Lipinski definition) is 3. The fourth-order valence-corrected chi connectivity index (χ4v) is 1.73. The number of nitrogens with zero attached hydrogens (tertiary/aromatic N) is 3. The van der Waals surface area contributed by atoms with E-state index in [2.05, 4.69) is 47.0 Å². The second kappa shape index (κ2) is 10.7.